The first kappa shape index (κ1) is 14.4. The number of ether oxygens (including phenoxy) is 2. The van der Waals surface area contributed by atoms with Crippen molar-refractivity contribution in [3.8, 4) is 5.75 Å². The predicted octanol–water partition coefficient (Wildman–Crippen LogP) is 3.07. The standard InChI is InChI=1S/C19H18O3/c1-14-17-10-6-5-9-16(17)11-12-18(14)22-19(20)21-13-15-7-3-2-4-8-15/h2-4,7-12H,5-6,13H2,1H3. The van der Waals surface area contributed by atoms with Crippen molar-refractivity contribution in [3.63, 3.8) is 0 Å². The zero-order valence-corrected chi connectivity index (χ0v) is 12.5. The molecule has 0 radical (unpaired) electrons. The lowest BCUT2D eigenvalue weighted by Gasteiger charge is -2.10. The summed E-state index contributed by atoms with van der Waals surface area (Å²) in [5, 5.41) is 2.35. The van der Waals surface area contributed by atoms with Gasteiger partial charge in [-0.05, 0) is 47.4 Å². The van der Waals surface area contributed by atoms with Crippen LogP contribution in [0.15, 0.2) is 42.5 Å². The largest absolute Gasteiger partial charge is 0.514 e. The first-order valence-corrected chi connectivity index (χ1v) is 7.42. The van der Waals surface area contributed by atoms with Crippen LogP contribution in [-0.2, 0) is 11.3 Å². The Hall–Kier alpha value is -2.55. The van der Waals surface area contributed by atoms with E-state index >= 15 is 0 Å². The van der Waals surface area contributed by atoms with Crippen LogP contribution in [0.2, 0.25) is 0 Å². The van der Waals surface area contributed by atoms with E-state index in [1.807, 2.05) is 49.4 Å². The molecule has 0 saturated heterocycles. The zero-order valence-electron chi connectivity index (χ0n) is 12.5. The number of carbonyl (C=O) groups excluding carboxylic acids is 1. The van der Waals surface area contributed by atoms with Crippen LogP contribution in [0.5, 0.6) is 5.75 Å². The predicted molar refractivity (Wildman–Crippen MR) is 85.8 cm³/mol. The van der Waals surface area contributed by atoms with E-state index in [1.54, 1.807) is 0 Å². The third-order valence-electron chi connectivity index (χ3n) is 3.77. The van der Waals surface area contributed by atoms with Gasteiger partial charge in [0.1, 0.15) is 12.4 Å². The van der Waals surface area contributed by atoms with E-state index in [-0.39, 0.29) is 6.61 Å². The molecule has 0 fully saturated rings. The maximum Gasteiger partial charge on any atom is 0.514 e. The molecule has 0 saturated carbocycles. The van der Waals surface area contributed by atoms with Gasteiger partial charge in [0, 0.05) is 0 Å². The van der Waals surface area contributed by atoms with Gasteiger partial charge >= 0.3 is 6.16 Å². The van der Waals surface area contributed by atoms with Gasteiger partial charge < -0.3 is 9.47 Å². The first-order valence-electron chi connectivity index (χ1n) is 7.42. The second kappa shape index (κ2) is 6.48. The monoisotopic (exact) mass is 294 g/mol. The Bertz CT molecular complexity index is 791. The molecular weight excluding hydrogens is 276 g/mol. The highest BCUT2D eigenvalue weighted by Gasteiger charge is 2.10. The van der Waals surface area contributed by atoms with E-state index in [9.17, 15) is 4.79 Å². The van der Waals surface area contributed by atoms with Gasteiger partial charge in [-0.25, -0.2) is 4.79 Å². The molecule has 112 valence electrons. The zero-order chi connectivity index (χ0) is 15.4. The lowest BCUT2D eigenvalue weighted by molar-refractivity contribution is 0.0925. The third-order valence-corrected chi connectivity index (χ3v) is 3.77. The summed E-state index contributed by atoms with van der Waals surface area (Å²) in [6.07, 6.45) is 5.81. The van der Waals surface area contributed by atoms with Gasteiger partial charge in [0.15, 0.2) is 0 Å². The van der Waals surface area contributed by atoms with E-state index in [0.29, 0.717) is 5.75 Å². The Morgan fingerprint density at radius 3 is 2.64 bits per heavy atom. The maximum absolute atomic E-state index is 11.8. The average Bonchev–Trinajstić information content (AvgIpc) is 2.57. The summed E-state index contributed by atoms with van der Waals surface area (Å²) in [6.45, 7) is 2.18. The highest BCUT2D eigenvalue weighted by atomic mass is 16.7. The molecule has 0 atom stereocenters. The minimum absolute atomic E-state index is 0.212. The van der Waals surface area contributed by atoms with Crippen LogP contribution in [0.25, 0.3) is 12.2 Å². The van der Waals surface area contributed by atoms with Crippen molar-refractivity contribution < 1.29 is 14.3 Å². The van der Waals surface area contributed by atoms with Gasteiger partial charge in [-0.2, -0.15) is 0 Å². The normalized spacial score (nSPS) is 12.6. The molecule has 3 heteroatoms. The van der Waals surface area contributed by atoms with Crippen LogP contribution in [0, 0.1) is 6.92 Å². The second-order valence-corrected chi connectivity index (χ2v) is 5.30. The molecule has 1 aliphatic carbocycles. The fourth-order valence-electron chi connectivity index (χ4n) is 2.59. The van der Waals surface area contributed by atoms with Crippen LogP contribution < -0.4 is 15.2 Å². The lowest BCUT2D eigenvalue weighted by Crippen LogP contribution is -2.30. The minimum atomic E-state index is -0.674. The molecule has 0 spiro atoms. The third kappa shape index (κ3) is 3.19. The molecule has 0 amide bonds. The minimum Gasteiger partial charge on any atom is -0.429 e. The number of hydrogen-bond acceptors (Lipinski definition) is 3. The SMILES string of the molecule is Cc1c(OC(=O)OCc2ccccc2)ccc2c1=CCCC=2. The number of hydrogen-bond donors (Lipinski definition) is 0. The highest BCUT2D eigenvalue weighted by Crippen LogP contribution is 2.14. The molecule has 0 heterocycles. The summed E-state index contributed by atoms with van der Waals surface area (Å²) in [4.78, 5) is 11.8. The van der Waals surface area contributed by atoms with E-state index < -0.39 is 6.16 Å². The summed E-state index contributed by atoms with van der Waals surface area (Å²) < 4.78 is 10.5. The van der Waals surface area contributed by atoms with Crippen molar-refractivity contribution in [2.45, 2.75) is 26.4 Å². The molecule has 0 bridgehead atoms. The van der Waals surface area contributed by atoms with Gasteiger partial charge in [-0.3, -0.25) is 0 Å². The summed E-state index contributed by atoms with van der Waals surface area (Å²) in [5.74, 6) is 0.559. The molecule has 2 aromatic rings. The average molecular weight is 294 g/mol. The van der Waals surface area contributed by atoms with Crippen LogP contribution >= 0.6 is 0 Å². The summed E-state index contributed by atoms with van der Waals surface area (Å²) >= 11 is 0. The summed E-state index contributed by atoms with van der Waals surface area (Å²) in [6, 6.07) is 13.4. The van der Waals surface area contributed by atoms with Crippen LogP contribution in [0.1, 0.15) is 24.0 Å². The fourth-order valence-corrected chi connectivity index (χ4v) is 2.59. The lowest BCUT2D eigenvalue weighted by atomic mass is 10.0. The van der Waals surface area contributed by atoms with Crippen LogP contribution in [-0.4, -0.2) is 6.16 Å². The van der Waals surface area contributed by atoms with Gasteiger partial charge in [0.25, 0.3) is 0 Å². The summed E-state index contributed by atoms with van der Waals surface area (Å²) in [5.41, 5.74) is 1.91. The molecule has 0 aromatic heterocycles. The van der Waals surface area contributed by atoms with E-state index in [2.05, 4.69) is 12.2 Å². The van der Waals surface area contributed by atoms with Crippen LogP contribution in [0.3, 0.4) is 0 Å². The van der Waals surface area contributed by atoms with Gasteiger partial charge in [-0.15, -0.1) is 0 Å². The topological polar surface area (TPSA) is 35.5 Å². The molecule has 3 nitrogen and oxygen atoms in total. The van der Waals surface area contributed by atoms with Crippen LogP contribution in [0.4, 0.5) is 4.79 Å². The number of carbonyl (C=O) groups is 1. The van der Waals surface area contributed by atoms with Crippen molar-refractivity contribution >= 4 is 18.3 Å². The Kier molecular flexibility index (Phi) is 4.24. The fraction of sp³-hybridized carbons (Fsp3) is 0.211. The summed E-state index contributed by atoms with van der Waals surface area (Å²) in [7, 11) is 0. The Morgan fingerprint density at radius 2 is 1.82 bits per heavy atom. The van der Waals surface area contributed by atoms with Crippen molar-refractivity contribution in [3.05, 3.63) is 64.0 Å². The smallest absolute Gasteiger partial charge is 0.429 e. The first-order chi connectivity index (χ1) is 10.7. The van der Waals surface area contributed by atoms with Crippen molar-refractivity contribution in [1.29, 1.82) is 0 Å². The molecular formula is C19H18O3. The van der Waals surface area contributed by atoms with E-state index in [4.69, 9.17) is 9.47 Å². The molecule has 1 aliphatic rings. The second-order valence-electron chi connectivity index (χ2n) is 5.30. The Labute approximate surface area is 129 Å². The van der Waals surface area contributed by atoms with Crippen molar-refractivity contribution in [1.82, 2.24) is 0 Å². The number of benzene rings is 2. The van der Waals surface area contributed by atoms with Gasteiger partial charge in [0.2, 0.25) is 0 Å². The molecule has 3 rings (SSSR count). The van der Waals surface area contributed by atoms with Gasteiger partial charge in [0.05, 0.1) is 0 Å². The van der Waals surface area contributed by atoms with E-state index in [1.165, 1.54) is 5.22 Å². The number of fused-ring (bicyclic) bond motifs is 1. The Morgan fingerprint density at radius 1 is 1.05 bits per heavy atom. The number of rotatable bonds is 3. The molecule has 0 unspecified atom stereocenters. The quantitative estimate of drug-likeness (QED) is 0.644. The maximum atomic E-state index is 11.8. The highest BCUT2D eigenvalue weighted by molar-refractivity contribution is 5.65. The molecule has 2 aromatic carbocycles. The van der Waals surface area contributed by atoms with E-state index in [0.717, 1.165) is 29.2 Å². The van der Waals surface area contributed by atoms with Crippen molar-refractivity contribution in [2.75, 3.05) is 0 Å². The molecule has 0 N–H and O–H groups in total. The van der Waals surface area contributed by atoms with Gasteiger partial charge in [-0.1, -0.05) is 48.6 Å². The molecule has 0 aliphatic heterocycles. The molecule has 22 heavy (non-hydrogen) atoms. The Balaban J connectivity index is 1.70. The van der Waals surface area contributed by atoms with Crippen molar-refractivity contribution in [2.24, 2.45) is 0 Å².